The average Bonchev–Trinajstić information content (AvgIpc) is 3.22. The van der Waals surface area contributed by atoms with E-state index < -0.39 is 0 Å². The zero-order valence-corrected chi connectivity index (χ0v) is 19.3. The molecule has 2 heteroatoms. The van der Waals surface area contributed by atoms with Gasteiger partial charge in [0.2, 0.25) is 0 Å². The molecule has 0 N–H and O–H groups in total. The molecule has 0 saturated heterocycles. The van der Waals surface area contributed by atoms with Crippen LogP contribution in [0.4, 0.5) is 0 Å². The van der Waals surface area contributed by atoms with Crippen molar-refractivity contribution in [1.29, 1.82) is 0 Å². The first-order valence-corrected chi connectivity index (χ1v) is 13.1. The lowest BCUT2D eigenvalue weighted by atomic mass is 10.0. The van der Waals surface area contributed by atoms with E-state index in [0.29, 0.717) is 0 Å². The molecule has 2 nitrogen and oxygen atoms in total. The third-order valence-electron chi connectivity index (χ3n) is 6.14. The summed E-state index contributed by atoms with van der Waals surface area (Å²) >= 11 is 0. The number of ether oxygens (including phenoxy) is 1. The summed E-state index contributed by atoms with van der Waals surface area (Å²) in [4.78, 5) is 4.35. The molecule has 166 valence electrons. The molecule has 0 spiro atoms. The zero-order chi connectivity index (χ0) is 20.0. The predicted octanol–water partition coefficient (Wildman–Crippen LogP) is 9.02. The van der Waals surface area contributed by atoms with Gasteiger partial charge in [0.1, 0.15) is 6.61 Å². The molecule has 28 heavy (non-hydrogen) atoms. The summed E-state index contributed by atoms with van der Waals surface area (Å²) in [5, 5.41) is 0. The molecule has 0 atom stereocenters. The van der Waals surface area contributed by atoms with Crippen LogP contribution < -0.4 is 0 Å². The van der Waals surface area contributed by atoms with Crippen LogP contribution in [-0.2, 0) is 4.74 Å². The molecule has 0 bridgehead atoms. The molecule has 0 radical (unpaired) electrons. The van der Waals surface area contributed by atoms with Crippen LogP contribution in [0.2, 0.25) is 0 Å². The Morgan fingerprint density at radius 3 is 1.21 bits per heavy atom. The lowest BCUT2D eigenvalue weighted by Gasteiger charge is -2.04. The fourth-order valence-electron chi connectivity index (χ4n) is 4.24. The zero-order valence-electron chi connectivity index (χ0n) is 19.3. The van der Waals surface area contributed by atoms with Crippen molar-refractivity contribution < 1.29 is 4.74 Å². The third-order valence-corrected chi connectivity index (χ3v) is 6.14. The van der Waals surface area contributed by atoms with Crippen molar-refractivity contribution in [3.8, 4) is 0 Å². The van der Waals surface area contributed by atoms with Gasteiger partial charge < -0.3 is 4.74 Å². The molecule has 0 aliphatic carbocycles. The molecule has 0 amide bonds. The summed E-state index contributed by atoms with van der Waals surface area (Å²) in [6, 6.07) is 0. The van der Waals surface area contributed by atoms with Crippen LogP contribution in [0.15, 0.2) is 4.99 Å². The highest BCUT2D eigenvalue weighted by Crippen LogP contribution is 2.15. The molecule has 1 aliphatic rings. The van der Waals surface area contributed by atoms with Crippen LogP contribution in [0, 0.1) is 0 Å². The quantitative estimate of drug-likeness (QED) is 0.168. The second kappa shape index (κ2) is 21.2. The van der Waals surface area contributed by atoms with Crippen LogP contribution in [0.1, 0.15) is 148 Å². The van der Waals surface area contributed by atoms with Crippen molar-refractivity contribution in [3.63, 3.8) is 0 Å². The lowest BCUT2D eigenvalue weighted by molar-refractivity contribution is 0.336. The molecular formula is C26H51NO. The second-order valence-corrected chi connectivity index (χ2v) is 8.94. The number of hydrogen-bond acceptors (Lipinski definition) is 2. The van der Waals surface area contributed by atoms with Gasteiger partial charge >= 0.3 is 0 Å². The van der Waals surface area contributed by atoms with Crippen molar-refractivity contribution in [2.24, 2.45) is 4.99 Å². The van der Waals surface area contributed by atoms with E-state index in [2.05, 4.69) is 11.9 Å². The van der Waals surface area contributed by atoms with E-state index in [4.69, 9.17) is 4.74 Å². The minimum absolute atomic E-state index is 0.814. The molecule has 0 aromatic heterocycles. The minimum Gasteiger partial charge on any atom is -0.479 e. The van der Waals surface area contributed by atoms with Crippen LogP contribution in [0.5, 0.6) is 0 Å². The predicted molar refractivity (Wildman–Crippen MR) is 126 cm³/mol. The fourth-order valence-corrected chi connectivity index (χ4v) is 4.24. The Kier molecular flexibility index (Phi) is 19.3. The number of rotatable bonds is 22. The van der Waals surface area contributed by atoms with Crippen molar-refractivity contribution in [2.75, 3.05) is 13.2 Å². The van der Waals surface area contributed by atoms with Gasteiger partial charge in [0.25, 0.3) is 0 Å². The smallest absolute Gasteiger partial charge is 0.183 e. The first-order chi connectivity index (χ1) is 13.9. The third kappa shape index (κ3) is 17.6. The summed E-state index contributed by atoms with van der Waals surface area (Å²) in [5.74, 6) is 1.01. The molecule has 0 aromatic rings. The largest absolute Gasteiger partial charge is 0.479 e. The Morgan fingerprint density at radius 2 is 0.893 bits per heavy atom. The molecule has 0 saturated carbocycles. The first-order valence-electron chi connectivity index (χ1n) is 13.1. The van der Waals surface area contributed by atoms with Crippen LogP contribution in [0.3, 0.4) is 0 Å². The Balaban J connectivity index is 1.62. The molecule has 0 unspecified atom stereocenters. The number of hydrogen-bond donors (Lipinski definition) is 0. The summed E-state index contributed by atoms with van der Waals surface area (Å²) in [6.45, 7) is 4.00. The normalized spacial score (nSPS) is 13.7. The maximum atomic E-state index is 5.45. The Labute approximate surface area is 177 Å². The minimum atomic E-state index is 0.814. The van der Waals surface area contributed by atoms with Gasteiger partial charge in [0.05, 0.1) is 6.54 Å². The van der Waals surface area contributed by atoms with Gasteiger partial charge in [0.15, 0.2) is 5.90 Å². The summed E-state index contributed by atoms with van der Waals surface area (Å²) in [6.07, 6.45) is 31.4. The van der Waals surface area contributed by atoms with Crippen molar-refractivity contribution >= 4 is 5.90 Å². The average molecular weight is 394 g/mol. The molecule has 1 aliphatic heterocycles. The fraction of sp³-hybridized carbons (Fsp3) is 0.962. The van der Waals surface area contributed by atoms with E-state index in [-0.39, 0.29) is 0 Å². The number of nitrogens with zero attached hydrogens (tertiary/aromatic N) is 1. The van der Waals surface area contributed by atoms with Crippen molar-refractivity contribution in [3.05, 3.63) is 0 Å². The van der Waals surface area contributed by atoms with E-state index in [9.17, 15) is 0 Å². The van der Waals surface area contributed by atoms with E-state index >= 15 is 0 Å². The highest BCUT2D eigenvalue weighted by molar-refractivity contribution is 5.77. The van der Waals surface area contributed by atoms with E-state index in [1.165, 1.54) is 135 Å². The number of unbranched alkanes of at least 4 members (excludes halogenated alkanes) is 20. The maximum Gasteiger partial charge on any atom is 0.183 e. The highest BCUT2D eigenvalue weighted by Gasteiger charge is 2.05. The number of aliphatic imine (C=N–C) groups is 1. The van der Waals surface area contributed by atoms with E-state index in [1.54, 1.807) is 0 Å². The van der Waals surface area contributed by atoms with Gasteiger partial charge in [-0.3, -0.25) is 4.99 Å². The van der Waals surface area contributed by atoms with Gasteiger partial charge in [-0.15, -0.1) is 0 Å². The second-order valence-electron chi connectivity index (χ2n) is 8.94. The molecule has 1 rings (SSSR count). The molecule has 1 heterocycles. The summed E-state index contributed by atoms with van der Waals surface area (Å²) in [7, 11) is 0. The molecule has 0 aromatic carbocycles. The monoisotopic (exact) mass is 393 g/mol. The van der Waals surface area contributed by atoms with E-state index in [1.807, 2.05) is 0 Å². The maximum absolute atomic E-state index is 5.45. The van der Waals surface area contributed by atoms with Gasteiger partial charge in [-0.2, -0.15) is 0 Å². The molecular weight excluding hydrogens is 342 g/mol. The SMILES string of the molecule is CCCCCCCCCCCCCCCCCCCCCCCC1=NCCO1. The van der Waals surface area contributed by atoms with Crippen LogP contribution >= 0.6 is 0 Å². The molecule has 0 fully saturated rings. The Morgan fingerprint density at radius 1 is 0.536 bits per heavy atom. The van der Waals surface area contributed by atoms with Gasteiger partial charge in [-0.25, -0.2) is 0 Å². The Bertz CT molecular complexity index is 339. The first kappa shape index (κ1) is 25.5. The lowest BCUT2D eigenvalue weighted by Crippen LogP contribution is -1.98. The highest BCUT2D eigenvalue weighted by atomic mass is 16.5. The van der Waals surface area contributed by atoms with E-state index in [0.717, 1.165) is 25.5 Å². The topological polar surface area (TPSA) is 21.6 Å². The Hall–Kier alpha value is -0.530. The van der Waals surface area contributed by atoms with Gasteiger partial charge in [-0.1, -0.05) is 135 Å². The van der Waals surface area contributed by atoms with Crippen LogP contribution in [0.25, 0.3) is 0 Å². The van der Waals surface area contributed by atoms with Gasteiger partial charge in [0, 0.05) is 6.42 Å². The van der Waals surface area contributed by atoms with Crippen molar-refractivity contribution in [2.45, 2.75) is 148 Å². The van der Waals surface area contributed by atoms with Gasteiger partial charge in [-0.05, 0) is 6.42 Å². The summed E-state index contributed by atoms with van der Waals surface area (Å²) in [5.41, 5.74) is 0. The van der Waals surface area contributed by atoms with Crippen LogP contribution in [-0.4, -0.2) is 19.0 Å². The standard InChI is InChI=1S/C26H51NO/c1-2-3-4-5-6-7-8-9-10-11-12-13-14-15-16-17-18-19-20-21-22-23-26-27-24-25-28-26/h2-25H2,1H3. The van der Waals surface area contributed by atoms with Crippen molar-refractivity contribution in [1.82, 2.24) is 0 Å². The summed E-state index contributed by atoms with van der Waals surface area (Å²) < 4.78 is 5.45.